The lowest BCUT2D eigenvalue weighted by atomic mass is 10.1. The van der Waals surface area contributed by atoms with Gasteiger partial charge in [-0.3, -0.25) is 14.4 Å². The molecule has 9 heteroatoms. The van der Waals surface area contributed by atoms with Crippen LogP contribution >= 0.6 is 0 Å². The maximum Gasteiger partial charge on any atom is 0.324 e. The first-order chi connectivity index (χ1) is 15.8. The van der Waals surface area contributed by atoms with Crippen LogP contribution in [0.1, 0.15) is 27.6 Å². The molecule has 0 radical (unpaired) electrons. The largest absolute Gasteiger partial charge is 0.456 e. The second kappa shape index (κ2) is 10.7. The molecule has 0 aromatic heterocycles. The Balaban J connectivity index is 1.51. The summed E-state index contributed by atoms with van der Waals surface area (Å²) in [6.07, 6.45) is 0. The summed E-state index contributed by atoms with van der Waals surface area (Å²) in [4.78, 5) is 36.7. The summed E-state index contributed by atoms with van der Waals surface area (Å²) in [5.41, 5.74) is 1.28. The maximum absolute atomic E-state index is 12.3. The number of sulfonamides is 1. The molecule has 0 bridgehead atoms. The van der Waals surface area contributed by atoms with Gasteiger partial charge in [0.2, 0.25) is 10.0 Å². The Kier molecular flexibility index (Phi) is 7.70. The van der Waals surface area contributed by atoms with Crippen LogP contribution < -0.4 is 10.0 Å². The zero-order chi connectivity index (χ0) is 23.8. The zero-order valence-electron chi connectivity index (χ0n) is 17.7. The minimum atomic E-state index is -3.90. The zero-order valence-corrected chi connectivity index (χ0v) is 18.5. The lowest BCUT2D eigenvalue weighted by Crippen LogP contribution is -2.40. The Bertz CT molecular complexity index is 1230. The molecule has 33 heavy (non-hydrogen) atoms. The van der Waals surface area contributed by atoms with E-state index in [1.165, 1.54) is 31.2 Å². The minimum Gasteiger partial charge on any atom is -0.456 e. The molecule has 8 nitrogen and oxygen atoms in total. The van der Waals surface area contributed by atoms with Gasteiger partial charge in [0.25, 0.3) is 5.91 Å². The number of amides is 1. The van der Waals surface area contributed by atoms with E-state index in [1.54, 1.807) is 54.6 Å². The molecule has 3 aromatic carbocycles. The molecule has 0 heterocycles. The van der Waals surface area contributed by atoms with E-state index in [0.717, 1.165) is 0 Å². The number of nitrogens with one attached hydrogen (secondary N) is 2. The van der Waals surface area contributed by atoms with Gasteiger partial charge in [0.05, 0.1) is 4.90 Å². The van der Waals surface area contributed by atoms with Gasteiger partial charge in [-0.2, -0.15) is 4.72 Å². The lowest BCUT2D eigenvalue weighted by Gasteiger charge is -2.13. The van der Waals surface area contributed by atoms with Crippen LogP contribution in [0.4, 0.5) is 5.69 Å². The van der Waals surface area contributed by atoms with E-state index >= 15 is 0 Å². The number of Topliss-reactive ketones (excluding diaryl/α,β-unsaturated/α-hetero) is 1. The molecule has 0 aliphatic heterocycles. The first-order valence-corrected chi connectivity index (χ1v) is 11.5. The molecule has 0 aliphatic rings. The summed E-state index contributed by atoms with van der Waals surface area (Å²) in [7, 11) is -3.90. The van der Waals surface area contributed by atoms with E-state index in [1.807, 2.05) is 6.07 Å². The van der Waals surface area contributed by atoms with Crippen molar-refractivity contribution >= 4 is 33.4 Å². The van der Waals surface area contributed by atoms with Gasteiger partial charge in [-0.15, -0.1) is 0 Å². The summed E-state index contributed by atoms with van der Waals surface area (Å²) in [5, 5.41) is 2.72. The highest BCUT2D eigenvalue weighted by atomic mass is 32.2. The molecule has 0 fully saturated rings. The van der Waals surface area contributed by atoms with E-state index < -0.39 is 34.4 Å². The van der Waals surface area contributed by atoms with Crippen molar-refractivity contribution in [3.8, 4) is 0 Å². The number of carbonyl (C=O) groups excluding carboxylic acids is 3. The molecule has 1 atom stereocenters. The molecule has 170 valence electrons. The van der Waals surface area contributed by atoms with Crippen molar-refractivity contribution in [1.29, 1.82) is 0 Å². The van der Waals surface area contributed by atoms with Crippen LogP contribution in [-0.2, 0) is 19.6 Å². The minimum absolute atomic E-state index is 0.0140. The van der Waals surface area contributed by atoms with Crippen molar-refractivity contribution in [2.75, 3.05) is 11.9 Å². The summed E-state index contributed by atoms with van der Waals surface area (Å²) in [6, 6.07) is 21.2. The van der Waals surface area contributed by atoms with Gasteiger partial charge in [-0.25, -0.2) is 8.42 Å². The Morgan fingerprint density at radius 3 is 2.00 bits per heavy atom. The second-order valence-electron chi connectivity index (χ2n) is 7.08. The highest BCUT2D eigenvalue weighted by molar-refractivity contribution is 7.89. The molecule has 2 N–H and O–H groups in total. The van der Waals surface area contributed by atoms with Gasteiger partial charge in [0.15, 0.2) is 12.4 Å². The van der Waals surface area contributed by atoms with E-state index in [4.69, 9.17) is 4.74 Å². The second-order valence-corrected chi connectivity index (χ2v) is 8.80. The number of anilines is 1. The Morgan fingerprint density at radius 1 is 0.818 bits per heavy atom. The number of hydrogen-bond acceptors (Lipinski definition) is 6. The normalized spacial score (nSPS) is 11.9. The predicted molar refractivity (Wildman–Crippen MR) is 122 cm³/mol. The molecule has 1 amide bonds. The number of rotatable bonds is 9. The Hall–Kier alpha value is -3.82. The first kappa shape index (κ1) is 23.8. The quantitative estimate of drug-likeness (QED) is 0.370. The first-order valence-electron chi connectivity index (χ1n) is 10.00. The maximum atomic E-state index is 12.3. The highest BCUT2D eigenvalue weighted by Crippen LogP contribution is 2.13. The standard InChI is InChI=1S/C24H22N2O6S/c1-17(26-33(30,31)21-10-6-3-7-11-21)24(29)32-16-22(27)18-12-14-20(15-13-18)25-23(28)19-8-4-2-5-9-19/h2-15,17,26H,16H2,1H3,(H,25,28)/t17-/m0/s1. The lowest BCUT2D eigenvalue weighted by molar-refractivity contribution is -0.144. The number of benzene rings is 3. The third-order valence-electron chi connectivity index (χ3n) is 4.59. The van der Waals surface area contributed by atoms with E-state index in [0.29, 0.717) is 11.3 Å². The fourth-order valence-electron chi connectivity index (χ4n) is 2.83. The van der Waals surface area contributed by atoms with Crippen LogP contribution in [0.3, 0.4) is 0 Å². The predicted octanol–water partition coefficient (Wildman–Crippen LogP) is 3.03. The van der Waals surface area contributed by atoms with Gasteiger partial charge in [0, 0.05) is 16.8 Å². The fraction of sp³-hybridized carbons (Fsp3) is 0.125. The van der Waals surface area contributed by atoms with Crippen molar-refractivity contribution < 1.29 is 27.5 Å². The van der Waals surface area contributed by atoms with Crippen molar-refractivity contribution in [3.63, 3.8) is 0 Å². The smallest absolute Gasteiger partial charge is 0.324 e. The summed E-state index contributed by atoms with van der Waals surface area (Å²) in [6.45, 7) is 0.781. The summed E-state index contributed by atoms with van der Waals surface area (Å²) in [5.74, 6) is -1.63. The molecule has 0 aliphatic carbocycles. The van der Waals surface area contributed by atoms with Crippen molar-refractivity contribution in [2.45, 2.75) is 17.9 Å². The monoisotopic (exact) mass is 466 g/mol. The highest BCUT2D eigenvalue weighted by Gasteiger charge is 2.23. The number of hydrogen-bond donors (Lipinski definition) is 2. The SMILES string of the molecule is C[C@H](NS(=O)(=O)c1ccccc1)C(=O)OCC(=O)c1ccc(NC(=O)c2ccccc2)cc1. The fourth-order valence-corrected chi connectivity index (χ4v) is 4.04. The number of ether oxygens (including phenoxy) is 1. The Morgan fingerprint density at radius 2 is 1.39 bits per heavy atom. The van der Waals surface area contributed by atoms with Crippen LogP contribution in [0, 0.1) is 0 Å². The molecule has 3 rings (SSSR count). The van der Waals surface area contributed by atoms with Gasteiger partial charge in [0.1, 0.15) is 6.04 Å². The molecule has 3 aromatic rings. The summed E-state index contributed by atoms with van der Waals surface area (Å²) < 4.78 is 31.8. The van der Waals surface area contributed by atoms with E-state index in [2.05, 4.69) is 10.0 Å². The van der Waals surface area contributed by atoms with Crippen molar-refractivity contribution in [1.82, 2.24) is 4.72 Å². The average Bonchev–Trinajstić information content (AvgIpc) is 2.83. The van der Waals surface area contributed by atoms with Gasteiger partial charge >= 0.3 is 5.97 Å². The molecule has 0 saturated heterocycles. The number of esters is 1. The summed E-state index contributed by atoms with van der Waals surface area (Å²) >= 11 is 0. The molecule has 0 saturated carbocycles. The van der Waals surface area contributed by atoms with Gasteiger partial charge in [-0.05, 0) is 55.5 Å². The van der Waals surface area contributed by atoms with Gasteiger partial charge in [-0.1, -0.05) is 36.4 Å². The average molecular weight is 467 g/mol. The molecular weight excluding hydrogens is 444 g/mol. The third-order valence-corrected chi connectivity index (χ3v) is 6.14. The van der Waals surface area contributed by atoms with Crippen LogP contribution in [-0.4, -0.2) is 38.7 Å². The third kappa shape index (κ3) is 6.58. The molecule has 0 spiro atoms. The van der Waals surface area contributed by atoms with E-state index in [-0.39, 0.29) is 16.4 Å². The van der Waals surface area contributed by atoms with Crippen molar-refractivity contribution in [2.24, 2.45) is 0 Å². The van der Waals surface area contributed by atoms with Crippen molar-refractivity contribution in [3.05, 3.63) is 96.1 Å². The van der Waals surface area contributed by atoms with Crippen LogP contribution in [0.2, 0.25) is 0 Å². The number of ketones is 1. The molecule has 0 unspecified atom stereocenters. The van der Waals surface area contributed by atoms with Gasteiger partial charge < -0.3 is 10.1 Å². The van der Waals surface area contributed by atoms with Crippen LogP contribution in [0.25, 0.3) is 0 Å². The molecular formula is C24H22N2O6S. The van der Waals surface area contributed by atoms with Crippen LogP contribution in [0.5, 0.6) is 0 Å². The Labute approximate surface area is 191 Å². The topological polar surface area (TPSA) is 119 Å². The number of carbonyl (C=O) groups is 3. The van der Waals surface area contributed by atoms with E-state index in [9.17, 15) is 22.8 Å². The van der Waals surface area contributed by atoms with Crippen LogP contribution in [0.15, 0.2) is 89.8 Å².